The molecule has 0 aliphatic rings. The van der Waals surface area contributed by atoms with E-state index in [4.69, 9.17) is 9.72 Å². The maximum absolute atomic E-state index is 5.48. The third kappa shape index (κ3) is 3.60. The predicted octanol–water partition coefficient (Wildman–Crippen LogP) is 4.44. The zero-order valence-electron chi connectivity index (χ0n) is 12.6. The van der Waals surface area contributed by atoms with E-state index in [0.717, 1.165) is 34.5 Å². The highest BCUT2D eigenvalue weighted by molar-refractivity contribution is 9.10. The number of aromatic nitrogens is 2. The van der Waals surface area contributed by atoms with Crippen LogP contribution in [0.4, 0.5) is 5.82 Å². The summed E-state index contributed by atoms with van der Waals surface area (Å²) in [5.74, 6) is 1.51. The van der Waals surface area contributed by atoms with Gasteiger partial charge < -0.3 is 10.1 Å². The van der Waals surface area contributed by atoms with Crippen LogP contribution in [0.1, 0.15) is 32.2 Å². The van der Waals surface area contributed by atoms with Crippen LogP contribution < -0.4 is 5.32 Å². The van der Waals surface area contributed by atoms with Gasteiger partial charge in [-0.15, -0.1) is 0 Å². The zero-order valence-corrected chi connectivity index (χ0v) is 14.1. The Morgan fingerprint density at radius 1 is 1.19 bits per heavy atom. The minimum absolute atomic E-state index is 0.0991. The Morgan fingerprint density at radius 2 is 1.90 bits per heavy atom. The highest BCUT2D eigenvalue weighted by atomic mass is 79.9. The molecule has 0 amide bonds. The maximum Gasteiger partial charge on any atom is 0.160 e. The van der Waals surface area contributed by atoms with Gasteiger partial charge in [-0.2, -0.15) is 0 Å². The Bertz CT molecular complexity index is 586. The van der Waals surface area contributed by atoms with Crippen molar-refractivity contribution in [1.29, 1.82) is 0 Å². The summed E-state index contributed by atoms with van der Waals surface area (Å²) in [6, 6.07) is 10.1. The SMILES string of the molecule is CCNc1nc(C(CC)OC)nc(-c2ccccc2)c1Br. The van der Waals surface area contributed by atoms with Gasteiger partial charge in [0.1, 0.15) is 11.9 Å². The minimum Gasteiger partial charge on any atom is -0.373 e. The molecular weight excluding hydrogens is 330 g/mol. The Balaban J connectivity index is 2.57. The van der Waals surface area contributed by atoms with Crippen molar-refractivity contribution in [3.05, 3.63) is 40.6 Å². The molecule has 2 aromatic rings. The molecule has 1 heterocycles. The second-order valence-electron chi connectivity index (χ2n) is 4.62. The number of ether oxygens (including phenoxy) is 1. The molecule has 21 heavy (non-hydrogen) atoms. The van der Waals surface area contributed by atoms with Gasteiger partial charge in [0.15, 0.2) is 5.82 Å². The van der Waals surface area contributed by atoms with E-state index in [1.54, 1.807) is 7.11 Å². The maximum atomic E-state index is 5.48. The second-order valence-corrected chi connectivity index (χ2v) is 5.41. The van der Waals surface area contributed by atoms with Gasteiger partial charge in [0.2, 0.25) is 0 Å². The number of anilines is 1. The summed E-state index contributed by atoms with van der Waals surface area (Å²) in [5.41, 5.74) is 1.94. The molecule has 1 atom stereocenters. The van der Waals surface area contributed by atoms with Crippen LogP contribution in [0.15, 0.2) is 34.8 Å². The van der Waals surface area contributed by atoms with E-state index >= 15 is 0 Å². The van der Waals surface area contributed by atoms with Crippen molar-refractivity contribution in [3.8, 4) is 11.3 Å². The van der Waals surface area contributed by atoms with Crippen LogP contribution in [-0.2, 0) is 4.74 Å². The first-order valence-corrected chi connectivity index (χ1v) is 7.90. The molecule has 0 aliphatic heterocycles. The molecule has 0 radical (unpaired) electrons. The van der Waals surface area contributed by atoms with Crippen molar-refractivity contribution in [2.75, 3.05) is 19.0 Å². The van der Waals surface area contributed by atoms with E-state index in [1.807, 2.05) is 37.3 Å². The van der Waals surface area contributed by atoms with Crippen LogP contribution in [-0.4, -0.2) is 23.6 Å². The largest absolute Gasteiger partial charge is 0.373 e. The van der Waals surface area contributed by atoms with E-state index in [2.05, 4.69) is 33.2 Å². The lowest BCUT2D eigenvalue weighted by Gasteiger charge is -2.16. The monoisotopic (exact) mass is 349 g/mol. The number of hydrogen-bond donors (Lipinski definition) is 1. The topological polar surface area (TPSA) is 47.0 Å². The van der Waals surface area contributed by atoms with Gasteiger partial charge in [0, 0.05) is 19.2 Å². The fourth-order valence-electron chi connectivity index (χ4n) is 2.13. The lowest BCUT2D eigenvalue weighted by Crippen LogP contribution is -2.11. The van der Waals surface area contributed by atoms with E-state index in [1.165, 1.54) is 0 Å². The first-order chi connectivity index (χ1) is 10.2. The third-order valence-electron chi connectivity index (χ3n) is 3.20. The van der Waals surface area contributed by atoms with Gasteiger partial charge in [-0.25, -0.2) is 9.97 Å². The van der Waals surface area contributed by atoms with Crippen LogP contribution in [0.25, 0.3) is 11.3 Å². The molecular formula is C16H20BrN3O. The molecule has 0 aliphatic carbocycles. The molecule has 2 rings (SSSR count). The quantitative estimate of drug-likeness (QED) is 0.837. The average molecular weight is 350 g/mol. The first kappa shape index (κ1) is 15.9. The summed E-state index contributed by atoms with van der Waals surface area (Å²) in [6.45, 7) is 4.91. The Labute approximate surface area is 134 Å². The summed E-state index contributed by atoms with van der Waals surface area (Å²) >= 11 is 3.62. The molecule has 0 saturated heterocycles. The van der Waals surface area contributed by atoms with E-state index in [0.29, 0.717) is 5.82 Å². The Hall–Kier alpha value is -1.46. The first-order valence-electron chi connectivity index (χ1n) is 7.10. The second kappa shape index (κ2) is 7.52. The summed E-state index contributed by atoms with van der Waals surface area (Å²) in [7, 11) is 1.69. The molecule has 1 N–H and O–H groups in total. The number of methoxy groups -OCH3 is 1. The third-order valence-corrected chi connectivity index (χ3v) is 3.95. The molecule has 0 spiro atoms. The molecule has 112 valence electrons. The molecule has 1 aromatic carbocycles. The summed E-state index contributed by atoms with van der Waals surface area (Å²) in [4.78, 5) is 9.30. The van der Waals surface area contributed by atoms with Crippen LogP contribution in [0.5, 0.6) is 0 Å². The lowest BCUT2D eigenvalue weighted by molar-refractivity contribution is 0.0928. The smallest absolute Gasteiger partial charge is 0.160 e. The number of nitrogens with zero attached hydrogens (tertiary/aromatic N) is 2. The fourth-order valence-corrected chi connectivity index (χ4v) is 2.68. The molecule has 0 fully saturated rings. The number of benzene rings is 1. The molecule has 5 heteroatoms. The van der Waals surface area contributed by atoms with Gasteiger partial charge in [0.25, 0.3) is 0 Å². The van der Waals surface area contributed by atoms with Crippen molar-refractivity contribution in [2.45, 2.75) is 26.4 Å². The van der Waals surface area contributed by atoms with Gasteiger partial charge in [-0.1, -0.05) is 37.3 Å². The Kier molecular flexibility index (Phi) is 5.70. The van der Waals surface area contributed by atoms with Crippen molar-refractivity contribution < 1.29 is 4.74 Å². The van der Waals surface area contributed by atoms with Crippen LogP contribution in [0.2, 0.25) is 0 Å². The minimum atomic E-state index is -0.0991. The standard InChI is InChI=1S/C16H20BrN3O/c1-4-12(21-3)15-19-14(11-9-7-6-8-10-11)13(17)16(20-15)18-5-2/h6-10,12H,4-5H2,1-3H3,(H,18,19,20). The summed E-state index contributed by atoms with van der Waals surface area (Å²) < 4.78 is 6.36. The molecule has 1 aromatic heterocycles. The van der Waals surface area contributed by atoms with Crippen LogP contribution in [0, 0.1) is 0 Å². The predicted molar refractivity (Wildman–Crippen MR) is 89.4 cm³/mol. The molecule has 0 bridgehead atoms. The van der Waals surface area contributed by atoms with Crippen molar-refractivity contribution in [1.82, 2.24) is 9.97 Å². The summed E-state index contributed by atoms with van der Waals surface area (Å²) in [5, 5.41) is 3.28. The average Bonchev–Trinajstić information content (AvgIpc) is 2.52. The highest BCUT2D eigenvalue weighted by Gasteiger charge is 2.18. The number of halogens is 1. The van der Waals surface area contributed by atoms with Crippen LogP contribution >= 0.6 is 15.9 Å². The van der Waals surface area contributed by atoms with E-state index in [9.17, 15) is 0 Å². The Morgan fingerprint density at radius 3 is 2.48 bits per heavy atom. The molecule has 1 unspecified atom stereocenters. The zero-order chi connectivity index (χ0) is 15.2. The van der Waals surface area contributed by atoms with Gasteiger partial charge in [-0.05, 0) is 29.3 Å². The summed E-state index contributed by atoms with van der Waals surface area (Å²) in [6.07, 6.45) is 0.732. The van der Waals surface area contributed by atoms with Gasteiger partial charge in [0.05, 0.1) is 10.2 Å². The fraction of sp³-hybridized carbons (Fsp3) is 0.375. The molecule has 4 nitrogen and oxygen atoms in total. The van der Waals surface area contributed by atoms with Gasteiger partial charge in [-0.3, -0.25) is 0 Å². The van der Waals surface area contributed by atoms with Crippen LogP contribution in [0.3, 0.4) is 0 Å². The molecule has 0 saturated carbocycles. The highest BCUT2D eigenvalue weighted by Crippen LogP contribution is 2.33. The van der Waals surface area contributed by atoms with E-state index in [-0.39, 0.29) is 6.10 Å². The van der Waals surface area contributed by atoms with Crippen molar-refractivity contribution in [3.63, 3.8) is 0 Å². The number of hydrogen-bond acceptors (Lipinski definition) is 4. The van der Waals surface area contributed by atoms with Gasteiger partial charge >= 0.3 is 0 Å². The number of nitrogens with one attached hydrogen (secondary N) is 1. The van der Waals surface area contributed by atoms with Crippen molar-refractivity contribution >= 4 is 21.7 Å². The van der Waals surface area contributed by atoms with E-state index < -0.39 is 0 Å². The lowest BCUT2D eigenvalue weighted by atomic mass is 10.1. The van der Waals surface area contributed by atoms with Crippen molar-refractivity contribution in [2.24, 2.45) is 0 Å². The number of rotatable bonds is 6. The normalized spacial score (nSPS) is 12.2.